The Morgan fingerprint density at radius 3 is 2.38 bits per heavy atom. The van der Waals surface area contributed by atoms with E-state index in [2.05, 4.69) is 61.5 Å². The van der Waals surface area contributed by atoms with Crippen molar-refractivity contribution in [3.63, 3.8) is 0 Å². The molecule has 5 aromatic rings. The highest BCUT2D eigenvalue weighted by Gasteiger charge is 2.18. The van der Waals surface area contributed by atoms with Crippen molar-refractivity contribution in [3.8, 4) is 22.5 Å². The van der Waals surface area contributed by atoms with Crippen LogP contribution in [0.3, 0.4) is 0 Å². The molecule has 0 amide bonds. The maximum Gasteiger partial charge on any atom is 0.259 e. The van der Waals surface area contributed by atoms with Gasteiger partial charge in [-0.2, -0.15) is 4.98 Å². The van der Waals surface area contributed by atoms with Gasteiger partial charge in [-0.25, -0.2) is 15.0 Å². The van der Waals surface area contributed by atoms with Gasteiger partial charge in [-0.05, 0) is 92.8 Å². The van der Waals surface area contributed by atoms with Gasteiger partial charge < -0.3 is 10.2 Å². The standard InChI is InChI=1S/C31H31N7O/c1-20-5-6-23(28-32-13-4-14-33-28)17-26(20)27-18-24-19-34-31(36-29(24)38(3)30(27)39)35-25-9-7-21(8-10-25)22-11-15-37(2)16-12-22/h4-10,13-14,17-19,22H,11-12,15-16H2,1-3H3,(H,34,35,36). The molecule has 0 radical (unpaired) electrons. The Morgan fingerprint density at radius 2 is 1.64 bits per heavy atom. The lowest BCUT2D eigenvalue weighted by Gasteiger charge is -2.29. The highest BCUT2D eigenvalue weighted by molar-refractivity contribution is 5.83. The van der Waals surface area contributed by atoms with Gasteiger partial charge in [-0.3, -0.25) is 9.36 Å². The first-order chi connectivity index (χ1) is 19.0. The van der Waals surface area contributed by atoms with E-state index in [0.717, 1.165) is 40.9 Å². The van der Waals surface area contributed by atoms with Gasteiger partial charge in [0, 0.05) is 47.8 Å². The molecule has 196 valence electrons. The van der Waals surface area contributed by atoms with Crippen molar-refractivity contribution in [2.24, 2.45) is 7.05 Å². The third kappa shape index (κ3) is 5.03. The molecular weight excluding hydrogens is 486 g/mol. The second-order valence-corrected chi connectivity index (χ2v) is 10.3. The lowest BCUT2D eigenvalue weighted by atomic mass is 9.89. The second-order valence-electron chi connectivity index (χ2n) is 10.3. The smallest absolute Gasteiger partial charge is 0.259 e. The van der Waals surface area contributed by atoms with E-state index in [0.29, 0.717) is 28.9 Å². The van der Waals surface area contributed by atoms with E-state index in [1.54, 1.807) is 36.3 Å². The first-order valence-electron chi connectivity index (χ1n) is 13.3. The number of piperidine rings is 1. The minimum absolute atomic E-state index is 0.121. The topological polar surface area (TPSA) is 88.8 Å². The SMILES string of the molecule is Cc1ccc(-c2ncccn2)cc1-c1cc2cnc(Nc3ccc(C4CCN(C)CC4)cc3)nc2n(C)c1=O. The average Bonchev–Trinajstić information content (AvgIpc) is 2.97. The number of hydrogen-bond donors (Lipinski definition) is 1. The summed E-state index contributed by atoms with van der Waals surface area (Å²) in [6.07, 6.45) is 7.57. The molecule has 2 aromatic carbocycles. The summed E-state index contributed by atoms with van der Waals surface area (Å²) in [6.45, 7) is 4.28. The van der Waals surface area contributed by atoms with Crippen molar-refractivity contribution in [2.75, 3.05) is 25.5 Å². The van der Waals surface area contributed by atoms with Crippen molar-refractivity contribution in [2.45, 2.75) is 25.7 Å². The first-order valence-corrected chi connectivity index (χ1v) is 13.3. The van der Waals surface area contributed by atoms with E-state index in [1.165, 1.54) is 18.4 Å². The Labute approximate surface area is 227 Å². The van der Waals surface area contributed by atoms with Crippen LogP contribution in [0.5, 0.6) is 0 Å². The Morgan fingerprint density at radius 1 is 0.897 bits per heavy atom. The van der Waals surface area contributed by atoms with Crippen LogP contribution in [0.4, 0.5) is 11.6 Å². The lowest BCUT2D eigenvalue weighted by Crippen LogP contribution is -2.29. The molecule has 4 heterocycles. The van der Waals surface area contributed by atoms with E-state index in [1.807, 2.05) is 31.2 Å². The Bertz CT molecular complexity index is 1690. The number of hydrogen-bond acceptors (Lipinski definition) is 7. The zero-order chi connectivity index (χ0) is 26.9. The first kappa shape index (κ1) is 24.9. The van der Waals surface area contributed by atoms with Crippen LogP contribution in [0.25, 0.3) is 33.5 Å². The normalized spacial score (nSPS) is 14.5. The average molecular weight is 518 g/mol. The summed E-state index contributed by atoms with van der Waals surface area (Å²) in [5.74, 6) is 1.69. The van der Waals surface area contributed by atoms with Crippen LogP contribution < -0.4 is 10.9 Å². The number of likely N-dealkylation sites (tertiary alicyclic amines) is 1. The molecule has 3 aromatic heterocycles. The number of aromatic nitrogens is 5. The van der Waals surface area contributed by atoms with Crippen LogP contribution in [-0.2, 0) is 7.05 Å². The molecule has 1 aliphatic rings. The van der Waals surface area contributed by atoms with Gasteiger partial charge >= 0.3 is 0 Å². The zero-order valence-corrected chi connectivity index (χ0v) is 22.4. The summed E-state index contributed by atoms with van der Waals surface area (Å²) in [7, 11) is 3.93. The van der Waals surface area contributed by atoms with E-state index in [-0.39, 0.29) is 5.56 Å². The van der Waals surface area contributed by atoms with Crippen LogP contribution in [0.1, 0.15) is 29.9 Å². The van der Waals surface area contributed by atoms with Crippen molar-refractivity contribution < 1.29 is 0 Å². The molecule has 0 bridgehead atoms. The molecule has 1 saturated heterocycles. The Balaban J connectivity index is 1.29. The predicted molar refractivity (Wildman–Crippen MR) is 155 cm³/mol. The Kier molecular flexibility index (Phi) is 6.62. The summed E-state index contributed by atoms with van der Waals surface area (Å²) in [5.41, 5.74) is 6.03. The highest BCUT2D eigenvalue weighted by atomic mass is 16.1. The maximum absolute atomic E-state index is 13.5. The van der Waals surface area contributed by atoms with Crippen molar-refractivity contribution in [3.05, 3.63) is 94.7 Å². The van der Waals surface area contributed by atoms with Crippen LogP contribution in [0.2, 0.25) is 0 Å². The molecule has 0 unspecified atom stereocenters. The molecule has 6 rings (SSSR count). The summed E-state index contributed by atoms with van der Waals surface area (Å²) in [6, 6.07) is 18.1. The largest absolute Gasteiger partial charge is 0.324 e. The molecule has 1 fully saturated rings. The monoisotopic (exact) mass is 517 g/mol. The minimum Gasteiger partial charge on any atom is -0.324 e. The molecular formula is C31H31N7O. The van der Waals surface area contributed by atoms with Crippen LogP contribution >= 0.6 is 0 Å². The summed E-state index contributed by atoms with van der Waals surface area (Å²) >= 11 is 0. The minimum atomic E-state index is -0.121. The van der Waals surface area contributed by atoms with E-state index in [9.17, 15) is 4.79 Å². The van der Waals surface area contributed by atoms with E-state index >= 15 is 0 Å². The van der Waals surface area contributed by atoms with Crippen molar-refractivity contribution >= 4 is 22.7 Å². The van der Waals surface area contributed by atoms with Gasteiger partial charge in [-0.15, -0.1) is 0 Å². The second kappa shape index (κ2) is 10.4. The van der Waals surface area contributed by atoms with E-state index < -0.39 is 0 Å². The number of rotatable bonds is 5. The third-order valence-electron chi connectivity index (χ3n) is 7.66. The molecule has 1 N–H and O–H groups in total. The van der Waals surface area contributed by atoms with Gasteiger partial charge in [0.2, 0.25) is 5.95 Å². The maximum atomic E-state index is 13.5. The molecule has 39 heavy (non-hydrogen) atoms. The molecule has 0 atom stereocenters. The Hall–Kier alpha value is -4.43. The number of benzene rings is 2. The summed E-state index contributed by atoms with van der Waals surface area (Å²) in [5, 5.41) is 4.09. The highest BCUT2D eigenvalue weighted by Crippen LogP contribution is 2.30. The summed E-state index contributed by atoms with van der Waals surface area (Å²) in [4.78, 5) is 33.8. The number of fused-ring (bicyclic) bond motifs is 1. The summed E-state index contributed by atoms with van der Waals surface area (Å²) < 4.78 is 1.59. The number of nitrogens with one attached hydrogen (secondary N) is 1. The molecule has 8 nitrogen and oxygen atoms in total. The zero-order valence-electron chi connectivity index (χ0n) is 22.4. The number of aryl methyl sites for hydroxylation is 2. The van der Waals surface area contributed by atoms with Crippen LogP contribution in [-0.4, -0.2) is 49.5 Å². The quantitative estimate of drug-likeness (QED) is 0.338. The van der Waals surface area contributed by atoms with Crippen molar-refractivity contribution in [1.29, 1.82) is 0 Å². The number of anilines is 2. The van der Waals surface area contributed by atoms with Crippen LogP contribution in [0.15, 0.2) is 78.0 Å². The van der Waals surface area contributed by atoms with Gasteiger partial charge in [0.1, 0.15) is 5.65 Å². The molecule has 8 heteroatoms. The van der Waals surface area contributed by atoms with Gasteiger partial charge in [0.15, 0.2) is 5.82 Å². The molecule has 0 aliphatic carbocycles. The van der Waals surface area contributed by atoms with Gasteiger partial charge in [-0.1, -0.05) is 24.3 Å². The van der Waals surface area contributed by atoms with E-state index in [4.69, 9.17) is 0 Å². The fourth-order valence-electron chi connectivity index (χ4n) is 5.31. The number of pyridine rings is 1. The van der Waals surface area contributed by atoms with Crippen LogP contribution in [0, 0.1) is 6.92 Å². The predicted octanol–water partition coefficient (Wildman–Crippen LogP) is 5.31. The lowest BCUT2D eigenvalue weighted by molar-refractivity contribution is 0.255. The van der Waals surface area contributed by atoms with Crippen molar-refractivity contribution in [1.82, 2.24) is 29.4 Å². The molecule has 0 saturated carbocycles. The van der Waals surface area contributed by atoms with Gasteiger partial charge in [0.05, 0.1) is 0 Å². The molecule has 1 aliphatic heterocycles. The van der Waals surface area contributed by atoms with Gasteiger partial charge in [0.25, 0.3) is 5.56 Å². The fourth-order valence-corrected chi connectivity index (χ4v) is 5.31. The molecule has 0 spiro atoms. The fraction of sp³-hybridized carbons (Fsp3) is 0.258. The third-order valence-corrected chi connectivity index (χ3v) is 7.66. The number of nitrogens with zero attached hydrogens (tertiary/aromatic N) is 6.